The van der Waals surface area contributed by atoms with Crippen LogP contribution in [0.25, 0.3) is 21.7 Å². The van der Waals surface area contributed by atoms with Gasteiger partial charge < -0.3 is 5.73 Å². The van der Waals surface area contributed by atoms with E-state index < -0.39 is 0 Å². The van der Waals surface area contributed by atoms with Crippen LogP contribution in [0.4, 0.5) is 0 Å². The van der Waals surface area contributed by atoms with Crippen molar-refractivity contribution in [2.24, 2.45) is 5.73 Å². The number of aromatic nitrogens is 1. The molecule has 1 heterocycles. The van der Waals surface area contributed by atoms with Crippen molar-refractivity contribution in [1.29, 1.82) is 0 Å². The second kappa shape index (κ2) is 6.20. The molecule has 3 rings (SSSR count). The second-order valence-corrected chi connectivity index (χ2v) is 6.13. The van der Waals surface area contributed by atoms with Crippen LogP contribution < -0.4 is 5.73 Å². The van der Waals surface area contributed by atoms with Gasteiger partial charge in [-0.3, -0.25) is 0 Å². The maximum absolute atomic E-state index is 5.81. The molecule has 2 nitrogen and oxygen atoms in total. The minimum atomic E-state index is 0.287. The number of hydrogen-bond donors (Lipinski definition) is 1. The van der Waals surface area contributed by atoms with Gasteiger partial charge in [0, 0.05) is 18.0 Å². The Hall–Kier alpha value is -1.97. The minimum Gasteiger partial charge on any atom is -0.330 e. The van der Waals surface area contributed by atoms with E-state index in [0.29, 0.717) is 6.54 Å². The van der Waals surface area contributed by atoms with Crippen LogP contribution in [0.1, 0.15) is 17.8 Å². The predicted molar refractivity (Wildman–Crippen MR) is 90.5 cm³/mol. The first-order valence-corrected chi connectivity index (χ1v) is 7.93. The smallest absolute Gasteiger partial charge is 0.0979 e. The van der Waals surface area contributed by atoms with Gasteiger partial charge in [0.2, 0.25) is 0 Å². The fraction of sp³-hybridized carbons (Fsp3) is 0.167. The normalized spacial score (nSPS) is 12.3. The molecule has 0 bridgehead atoms. The van der Waals surface area contributed by atoms with E-state index in [1.807, 2.05) is 12.1 Å². The van der Waals surface area contributed by atoms with E-state index in [1.165, 1.54) is 10.4 Å². The monoisotopic (exact) mass is 294 g/mol. The number of nitrogens with zero attached hydrogens (tertiary/aromatic N) is 1. The molecule has 0 spiro atoms. The van der Waals surface area contributed by atoms with E-state index in [4.69, 9.17) is 10.7 Å². The molecule has 0 radical (unpaired) electrons. The summed E-state index contributed by atoms with van der Waals surface area (Å²) in [6.45, 7) is 2.75. The summed E-state index contributed by atoms with van der Waals surface area (Å²) < 4.78 is 0. The maximum atomic E-state index is 5.81. The molecule has 0 aliphatic heterocycles. The molecule has 21 heavy (non-hydrogen) atoms. The van der Waals surface area contributed by atoms with Crippen molar-refractivity contribution in [3.63, 3.8) is 0 Å². The first kappa shape index (κ1) is 14.0. The zero-order valence-corrected chi connectivity index (χ0v) is 12.8. The highest BCUT2D eigenvalue weighted by Crippen LogP contribution is 2.38. The van der Waals surface area contributed by atoms with E-state index in [0.717, 1.165) is 16.3 Å². The molecule has 106 valence electrons. The van der Waals surface area contributed by atoms with Gasteiger partial charge in [0.1, 0.15) is 0 Å². The van der Waals surface area contributed by atoms with E-state index in [2.05, 4.69) is 55.5 Å². The van der Waals surface area contributed by atoms with Gasteiger partial charge in [0.05, 0.1) is 15.6 Å². The summed E-state index contributed by atoms with van der Waals surface area (Å²) in [6, 6.07) is 20.8. The molecule has 0 saturated heterocycles. The highest BCUT2D eigenvalue weighted by Gasteiger charge is 2.17. The van der Waals surface area contributed by atoms with Crippen molar-refractivity contribution < 1.29 is 0 Å². The Balaban J connectivity index is 2.15. The van der Waals surface area contributed by atoms with Crippen LogP contribution in [-0.2, 0) is 0 Å². The van der Waals surface area contributed by atoms with Gasteiger partial charge >= 0.3 is 0 Å². The number of rotatable bonds is 4. The van der Waals surface area contributed by atoms with Crippen LogP contribution in [0, 0.1) is 0 Å². The molecule has 1 aromatic heterocycles. The Bertz CT molecular complexity index is 648. The largest absolute Gasteiger partial charge is 0.330 e. The van der Waals surface area contributed by atoms with Gasteiger partial charge in [-0.1, -0.05) is 67.6 Å². The number of hydrogen-bond acceptors (Lipinski definition) is 3. The van der Waals surface area contributed by atoms with Crippen LogP contribution in [0.2, 0.25) is 0 Å². The fourth-order valence-electron chi connectivity index (χ4n) is 2.23. The van der Waals surface area contributed by atoms with E-state index >= 15 is 0 Å². The Morgan fingerprint density at radius 3 is 2.10 bits per heavy atom. The topological polar surface area (TPSA) is 38.9 Å². The van der Waals surface area contributed by atoms with Crippen molar-refractivity contribution in [2.45, 2.75) is 12.8 Å². The Morgan fingerprint density at radius 2 is 1.52 bits per heavy atom. The summed E-state index contributed by atoms with van der Waals surface area (Å²) in [5.41, 5.74) is 9.23. The molecular formula is C18H18N2S. The molecule has 1 atom stereocenters. The third-order valence-electron chi connectivity index (χ3n) is 3.50. The quantitative estimate of drug-likeness (QED) is 0.767. The lowest BCUT2D eigenvalue weighted by atomic mass is 10.1. The summed E-state index contributed by atoms with van der Waals surface area (Å²) in [4.78, 5) is 6.09. The molecule has 2 N–H and O–H groups in total. The Labute approximate surface area is 129 Å². The molecular weight excluding hydrogens is 276 g/mol. The van der Waals surface area contributed by atoms with Gasteiger partial charge in [0.25, 0.3) is 0 Å². The lowest BCUT2D eigenvalue weighted by Gasteiger charge is -2.02. The van der Waals surface area contributed by atoms with Gasteiger partial charge in [-0.15, -0.1) is 11.3 Å². The SMILES string of the molecule is CC(CN)c1nc(-c2ccccc2)c(-c2ccccc2)s1. The minimum absolute atomic E-state index is 0.287. The molecule has 3 aromatic rings. The Kier molecular flexibility index (Phi) is 4.13. The van der Waals surface area contributed by atoms with Crippen LogP contribution in [-0.4, -0.2) is 11.5 Å². The van der Waals surface area contributed by atoms with Crippen LogP contribution in [0.5, 0.6) is 0 Å². The molecule has 1 unspecified atom stereocenters. The summed E-state index contributed by atoms with van der Waals surface area (Å²) in [6.07, 6.45) is 0. The molecule has 3 heteroatoms. The average Bonchev–Trinajstić information content (AvgIpc) is 3.01. The third kappa shape index (κ3) is 2.89. The molecule has 0 aliphatic rings. The maximum Gasteiger partial charge on any atom is 0.0979 e. The summed E-state index contributed by atoms with van der Waals surface area (Å²) in [5.74, 6) is 0.287. The fourth-order valence-corrected chi connectivity index (χ4v) is 3.38. The van der Waals surface area contributed by atoms with E-state index in [-0.39, 0.29) is 5.92 Å². The van der Waals surface area contributed by atoms with Gasteiger partial charge in [-0.2, -0.15) is 0 Å². The third-order valence-corrected chi connectivity index (χ3v) is 4.84. The lowest BCUT2D eigenvalue weighted by molar-refractivity contribution is 0.766. The van der Waals surface area contributed by atoms with Gasteiger partial charge in [0.15, 0.2) is 0 Å². The van der Waals surface area contributed by atoms with Crippen molar-refractivity contribution in [3.05, 3.63) is 65.7 Å². The van der Waals surface area contributed by atoms with Gasteiger partial charge in [-0.25, -0.2) is 4.98 Å². The number of thiazole rings is 1. The molecule has 0 fully saturated rings. The zero-order valence-electron chi connectivity index (χ0n) is 12.0. The average molecular weight is 294 g/mol. The first-order valence-electron chi connectivity index (χ1n) is 7.11. The van der Waals surface area contributed by atoms with Crippen molar-refractivity contribution in [2.75, 3.05) is 6.54 Å². The predicted octanol–water partition coefficient (Wildman–Crippen LogP) is 4.54. The highest BCUT2D eigenvalue weighted by molar-refractivity contribution is 7.15. The second-order valence-electron chi connectivity index (χ2n) is 5.10. The molecule has 0 saturated carbocycles. The standard InChI is InChI=1S/C18H18N2S/c1-13(12-19)18-20-16(14-8-4-2-5-9-14)17(21-18)15-10-6-3-7-11-15/h2-11,13H,12,19H2,1H3. The summed E-state index contributed by atoms with van der Waals surface area (Å²) >= 11 is 1.75. The first-order chi connectivity index (χ1) is 10.3. The van der Waals surface area contributed by atoms with Crippen molar-refractivity contribution in [1.82, 2.24) is 4.98 Å². The Morgan fingerprint density at radius 1 is 0.952 bits per heavy atom. The molecule has 0 aliphatic carbocycles. The zero-order chi connectivity index (χ0) is 14.7. The van der Waals surface area contributed by atoms with Crippen LogP contribution in [0.15, 0.2) is 60.7 Å². The molecule has 0 amide bonds. The molecule has 2 aromatic carbocycles. The van der Waals surface area contributed by atoms with Crippen molar-refractivity contribution >= 4 is 11.3 Å². The van der Waals surface area contributed by atoms with Crippen LogP contribution >= 0.6 is 11.3 Å². The van der Waals surface area contributed by atoms with Crippen molar-refractivity contribution in [3.8, 4) is 21.7 Å². The van der Waals surface area contributed by atoms with E-state index in [9.17, 15) is 0 Å². The van der Waals surface area contributed by atoms with E-state index in [1.54, 1.807) is 11.3 Å². The van der Waals surface area contributed by atoms with Crippen LogP contribution in [0.3, 0.4) is 0 Å². The van der Waals surface area contributed by atoms with Gasteiger partial charge in [-0.05, 0) is 5.56 Å². The lowest BCUT2D eigenvalue weighted by Crippen LogP contribution is -2.08. The number of nitrogens with two attached hydrogens (primary N) is 1. The number of benzene rings is 2. The highest BCUT2D eigenvalue weighted by atomic mass is 32.1. The summed E-state index contributed by atoms with van der Waals surface area (Å²) in [7, 11) is 0. The summed E-state index contributed by atoms with van der Waals surface area (Å²) in [5, 5.41) is 1.11.